The van der Waals surface area contributed by atoms with Crippen LogP contribution >= 0.6 is 15.9 Å². The average molecular weight is 444 g/mol. The van der Waals surface area contributed by atoms with Crippen molar-refractivity contribution in [3.8, 4) is 17.2 Å². The molecule has 0 unspecified atom stereocenters. The molecule has 28 heavy (non-hydrogen) atoms. The fourth-order valence-electron chi connectivity index (χ4n) is 2.88. The minimum absolute atomic E-state index is 0.150. The second-order valence-corrected chi connectivity index (χ2v) is 7.14. The maximum Gasteiger partial charge on any atom is 0.251 e. The van der Waals surface area contributed by atoms with E-state index >= 15 is 0 Å². The molecule has 0 spiro atoms. The Hall–Kier alpha value is -2.80. The molecule has 0 bridgehead atoms. The number of ether oxygens (including phenoxy) is 2. The van der Waals surface area contributed by atoms with Crippen molar-refractivity contribution in [1.29, 1.82) is 0 Å². The quantitative estimate of drug-likeness (QED) is 0.619. The smallest absolute Gasteiger partial charge is 0.251 e. The zero-order valence-electron chi connectivity index (χ0n) is 16.2. The van der Waals surface area contributed by atoms with Crippen molar-refractivity contribution in [3.63, 3.8) is 0 Å². The van der Waals surface area contributed by atoms with Crippen LogP contribution in [0.2, 0.25) is 0 Å². The minimum atomic E-state index is -0.150. The van der Waals surface area contributed by atoms with E-state index in [0.717, 1.165) is 27.1 Å². The zero-order chi connectivity index (χ0) is 20.3. The number of hydrogen-bond donors (Lipinski definition) is 1. The van der Waals surface area contributed by atoms with Crippen LogP contribution < -0.4 is 14.8 Å². The first-order valence-corrected chi connectivity index (χ1v) is 9.54. The summed E-state index contributed by atoms with van der Waals surface area (Å²) in [7, 11) is 3.19. The number of hydrogen-bond acceptors (Lipinski definition) is 4. The van der Waals surface area contributed by atoms with Gasteiger partial charge >= 0.3 is 0 Å². The van der Waals surface area contributed by atoms with E-state index in [1.165, 1.54) is 0 Å². The van der Waals surface area contributed by atoms with Crippen molar-refractivity contribution in [1.82, 2.24) is 15.1 Å². The molecule has 0 aliphatic rings. The summed E-state index contributed by atoms with van der Waals surface area (Å²) in [5.41, 5.74) is 4.32. The van der Waals surface area contributed by atoms with Gasteiger partial charge in [0.15, 0.2) is 0 Å². The maximum atomic E-state index is 12.5. The molecule has 0 saturated heterocycles. The summed E-state index contributed by atoms with van der Waals surface area (Å²) < 4.78 is 13.4. The van der Waals surface area contributed by atoms with Crippen molar-refractivity contribution in [2.75, 3.05) is 14.2 Å². The first-order valence-electron chi connectivity index (χ1n) is 8.75. The third kappa shape index (κ3) is 4.20. The van der Waals surface area contributed by atoms with Gasteiger partial charge in [-0.25, -0.2) is 4.68 Å². The van der Waals surface area contributed by atoms with Crippen molar-refractivity contribution in [3.05, 3.63) is 69.5 Å². The molecule has 2 aromatic carbocycles. The molecule has 0 atom stereocenters. The van der Waals surface area contributed by atoms with Gasteiger partial charge in [-0.3, -0.25) is 4.79 Å². The molecule has 1 aromatic heterocycles. The predicted molar refractivity (Wildman–Crippen MR) is 111 cm³/mol. The van der Waals surface area contributed by atoms with Gasteiger partial charge in [-0.1, -0.05) is 0 Å². The van der Waals surface area contributed by atoms with Crippen molar-refractivity contribution < 1.29 is 14.3 Å². The van der Waals surface area contributed by atoms with Crippen LogP contribution in [0.5, 0.6) is 11.5 Å². The van der Waals surface area contributed by atoms with Crippen LogP contribution in [0.4, 0.5) is 0 Å². The Labute approximate surface area is 172 Å². The SMILES string of the molecule is COc1cc(CNC(=O)c2ccc(-n3nc(C)c(Br)c3C)cc2)cc(OC)c1. The third-order valence-corrected chi connectivity index (χ3v) is 5.59. The number of amides is 1. The molecule has 7 heteroatoms. The molecule has 1 amide bonds. The predicted octanol–water partition coefficient (Wildman–Crippen LogP) is 4.20. The first kappa shape index (κ1) is 19.9. The molecule has 0 aliphatic carbocycles. The Morgan fingerprint density at radius 1 is 1.07 bits per heavy atom. The highest BCUT2D eigenvalue weighted by molar-refractivity contribution is 9.10. The lowest BCUT2D eigenvalue weighted by Crippen LogP contribution is -2.22. The molecule has 0 radical (unpaired) electrons. The average Bonchev–Trinajstić information content (AvgIpc) is 2.99. The summed E-state index contributed by atoms with van der Waals surface area (Å²) in [6.45, 7) is 4.31. The van der Waals surface area contributed by atoms with Crippen LogP contribution in [0.25, 0.3) is 5.69 Å². The highest BCUT2D eigenvalue weighted by atomic mass is 79.9. The van der Waals surface area contributed by atoms with Crippen molar-refractivity contribution >= 4 is 21.8 Å². The van der Waals surface area contributed by atoms with Gasteiger partial charge in [0.25, 0.3) is 5.91 Å². The third-order valence-electron chi connectivity index (χ3n) is 4.44. The Balaban J connectivity index is 1.71. The number of aryl methyl sites for hydroxylation is 1. The van der Waals surface area contributed by atoms with E-state index in [1.54, 1.807) is 32.4 Å². The topological polar surface area (TPSA) is 65.4 Å². The van der Waals surface area contributed by atoms with Gasteiger partial charge < -0.3 is 14.8 Å². The molecule has 1 heterocycles. The van der Waals surface area contributed by atoms with Crippen LogP contribution in [-0.4, -0.2) is 29.9 Å². The molecule has 3 aromatic rings. The number of carbonyl (C=O) groups excluding carboxylic acids is 1. The van der Waals surface area contributed by atoms with Gasteiger partial charge in [-0.05, 0) is 71.7 Å². The largest absolute Gasteiger partial charge is 0.497 e. The summed E-state index contributed by atoms with van der Waals surface area (Å²) in [6, 6.07) is 12.9. The maximum absolute atomic E-state index is 12.5. The lowest BCUT2D eigenvalue weighted by molar-refractivity contribution is 0.0951. The summed E-state index contributed by atoms with van der Waals surface area (Å²) in [4.78, 5) is 12.5. The molecule has 0 aliphatic heterocycles. The Morgan fingerprint density at radius 3 is 2.18 bits per heavy atom. The lowest BCUT2D eigenvalue weighted by atomic mass is 10.1. The molecule has 3 rings (SSSR count). The van der Waals surface area contributed by atoms with Gasteiger partial charge in [0.05, 0.1) is 35.8 Å². The van der Waals surface area contributed by atoms with Crippen LogP contribution in [0, 0.1) is 13.8 Å². The summed E-state index contributed by atoms with van der Waals surface area (Å²) >= 11 is 3.53. The number of benzene rings is 2. The lowest BCUT2D eigenvalue weighted by Gasteiger charge is -2.10. The number of nitrogens with one attached hydrogen (secondary N) is 1. The summed E-state index contributed by atoms with van der Waals surface area (Å²) in [6.07, 6.45) is 0. The van der Waals surface area contributed by atoms with Gasteiger partial charge in [-0.2, -0.15) is 5.10 Å². The van der Waals surface area contributed by atoms with Gasteiger partial charge in [0.2, 0.25) is 0 Å². The van der Waals surface area contributed by atoms with Crippen molar-refractivity contribution in [2.45, 2.75) is 20.4 Å². The van der Waals surface area contributed by atoms with Crippen LogP contribution in [0.15, 0.2) is 46.9 Å². The van der Waals surface area contributed by atoms with E-state index in [-0.39, 0.29) is 5.91 Å². The fraction of sp³-hybridized carbons (Fsp3) is 0.238. The number of aromatic nitrogens is 2. The molecule has 0 fully saturated rings. The highest BCUT2D eigenvalue weighted by Crippen LogP contribution is 2.24. The standard InChI is InChI=1S/C21H22BrN3O3/c1-13-20(22)14(2)25(24-13)17-7-5-16(6-8-17)21(26)23-12-15-9-18(27-3)11-19(10-15)28-4/h5-11H,12H2,1-4H3,(H,23,26). The number of halogens is 1. The normalized spacial score (nSPS) is 10.6. The number of rotatable bonds is 6. The first-order chi connectivity index (χ1) is 13.4. The van der Waals surface area contributed by atoms with Crippen LogP contribution in [0.3, 0.4) is 0 Å². The Morgan fingerprint density at radius 2 is 1.68 bits per heavy atom. The molecular formula is C21H22BrN3O3. The summed E-state index contributed by atoms with van der Waals surface area (Å²) in [5.74, 6) is 1.22. The van der Waals surface area contributed by atoms with E-state index in [9.17, 15) is 4.79 Å². The van der Waals surface area contributed by atoms with E-state index in [4.69, 9.17) is 9.47 Å². The van der Waals surface area contributed by atoms with Gasteiger partial charge in [-0.15, -0.1) is 0 Å². The fourth-order valence-corrected chi connectivity index (χ4v) is 3.13. The number of nitrogens with zero attached hydrogens (tertiary/aromatic N) is 2. The second kappa shape index (κ2) is 8.48. The molecule has 146 valence electrons. The second-order valence-electron chi connectivity index (χ2n) is 6.35. The molecular weight excluding hydrogens is 422 g/mol. The zero-order valence-corrected chi connectivity index (χ0v) is 17.8. The van der Waals surface area contributed by atoms with Crippen LogP contribution in [-0.2, 0) is 6.54 Å². The van der Waals surface area contributed by atoms with Crippen molar-refractivity contribution in [2.24, 2.45) is 0 Å². The number of carbonyl (C=O) groups is 1. The summed E-state index contributed by atoms with van der Waals surface area (Å²) in [5, 5.41) is 7.43. The van der Waals surface area contributed by atoms with E-state index in [2.05, 4.69) is 26.3 Å². The van der Waals surface area contributed by atoms with E-state index in [0.29, 0.717) is 23.6 Å². The minimum Gasteiger partial charge on any atom is -0.497 e. The van der Waals surface area contributed by atoms with E-state index < -0.39 is 0 Å². The molecule has 0 saturated carbocycles. The van der Waals surface area contributed by atoms with Crippen LogP contribution in [0.1, 0.15) is 27.3 Å². The van der Waals surface area contributed by atoms with E-state index in [1.807, 2.05) is 42.8 Å². The molecule has 6 nitrogen and oxygen atoms in total. The monoisotopic (exact) mass is 443 g/mol. The Kier molecular flexibility index (Phi) is 6.04. The van der Waals surface area contributed by atoms with Gasteiger partial charge in [0.1, 0.15) is 11.5 Å². The Bertz CT molecular complexity index is 975. The van der Waals surface area contributed by atoms with Gasteiger partial charge in [0, 0.05) is 18.2 Å². The molecule has 1 N–H and O–H groups in total. The highest BCUT2D eigenvalue weighted by Gasteiger charge is 2.12. The number of methoxy groups -OCH3 is 2.